The summed E-state index contributed by atoms with van der Waals surface area (Å²) >= 11 is 0. The van der Waals surface area contributed by atoms with E-state index in [0.717, 1.165) is 82.9 Å². The maximum atomic E-state index is 13.9. The van der Waals surface area contributed by atoms with Crippen LogP contribution in [0, 0.1) is 75.4 Å². The minimum absolute atomic E-state index is 0.0498. The lowest BCUT2D eigenvalue weighted by Crippen LogP contribution is -2.63. The summed E-state index contributed by atoms with van der Waals surface area (Å²) in [6.07, 6.45) is 14.8. The molecule has 12 heteroatoms. The number of alkyl carbamates (subject to hydrolysis) is 1. The van der Waals surface area contributed by atoms with E-state index >= 15 is 0 Å². The first kappa shape index (κ1) is 56.5. The molecule has 0 unspecified atom stereocenters. The lowest BCUT2D eigenvalue weighted by atomic mass is 9.43. The van der Waals surface area contributed by atoms with E-state index in [1.54, 1.807) is 0 Å². The molecule has 418 valence electrons. The Morgan fingerprint density at radius 1 is 0.921 bits per heavy atom. The van der Waals surface area contributed by atoms with Gasteiger partial charge in [0.25, 0.3) is 0 Å². The Hall–Kier alpha value is -4.18. The normalized spacial score (nSPS) is 37.9. The molecule has 0 aliphatic heterocycles. The number of carbonyl (C=O) groups excluding carboxylic acids is 3. The standard InChI is InChI=1S/C64H92N2O10/c1-10-28-64(73)30-27-50-47-21-17-41-34-44(67)20-22-46(41)57(47)48(38-62(50,64)7)40-15-18-43(19-16-40)66(9)32-33-74-45-26-29-61(6)42(35-45)36-53(75-56(71)13-11-12-31-65-59(72)76-60(3,4)5)58-51-24-23-49(39(2)14-25-55(69)70)63(51,8)54(68)37-52(58)61/h15-16,18-19,34,39,42,45,47-54,58,68,73H,11-14,17,20-27,29-33,35-38H2,1-9H3,(H,65,72)(H,69,70)/t39-,42+,45+,47+,48-,49-,50+,51+,52+,53-,54+,58+,61+,62+,63-,64+/m1/s1. The number of ketones is 1. The van der Waals surface area contributed by atoms with Gasteiger partial charge in [0.1, 0.15) is 17.3 Å². The number of carboxylic acids is 1. The van der Waals surface area contributed by atoms with E-state index < -0.39 is 34.8 Å². The molecule has 1 aromatic carbocycles. The number of benzene rings is 1. The second-order valence-corrected chi connectivity index (χ2v) is 26.9. The number of hydrogen-bond donors (Lipinski definition) is 4. The highest BCUT2D eigenvalue weighted by Crippen LogP contribution is 2.70. The zero-order valence-electron chi connectivity index (χ0n) is 47.5. The van der Waals surface area contributed by atoms with Crippen LogP contribution in [0.2, 0.25) is 0 Å². The molecule has 12 nitrogen and oxygen atoms in total. The second kappa shape index (κ2) is 22.2. The number of likely N-dealkylation sites (N-methyl/N-ethyl adjacent to an activating group) is 1. The van der Waals surface area contributed by atoms with E-state index in [1.165, 1.54) is 22.3 Å². The fourth-order valence-corrected chi connectivity index (χ4v) is 17.9. The zero-order chi connectivity index (χ0) is 54.5. The van der Waals surface area contributed by atoms with E-state index in [0.29, 0.717) is 63.5 Å². The average molecular weight is 1050 g/mol. The first-order chi connectivity index (χ1) is 36.0. The third kappa shape index (κ3) is 10.8. The van der Waals surface area contributed by atoms with Crippen molar-refractivity contribution in [3.8, 4) is 11.8 Å². The van der Waals surface area contributed by atoms with Crippen LogP contribution >= 0.6 is 0 Å². The number of esters is 1. The third-order valence-corrected chi connectivity index (χ3v) is 21.8. The maximum absolute atomic E-state index is 13.9. The van der Waals surface area contributed by atoms with Gasteiger partial charge in [0.2, 0.25) is 0 Å². The second-order valence-electron chi connectivity index (χ2n) is 26.9. The molecule has 1 aromatic rings. The SMILES string of the molecule is CC#C[C@]1(O)CC[C@H]2[C@@H]3CCC4=CC(=O)CCC4=C3[C@@H](c3ccc(N(C)CCO[C@H]4CC[C@@]5(C)[C@@H](C4)C[C@@H](OC(=O)CCCCNC(=O)OC(C)(C)C)[C@@H]4[C@@H]5C[C@H](O)[C@]5(C)[C@@H]([C@H](C)CCC(=O)O)CC[C@@H]45)cc3)C[C@@]21C. The van der Waals surface area contributed by atoms with Crippen molar-refractivity contribution in [1.82, 2.24) is 5.32 Å². The van der Waals surface area contributed by atoms with Crippen molar-refractivity contribution in [2.75, 3.05) is 31.6 Å². The quantitative estimate of drug-likeness (QED) is 0.0705. The number of carbonyl (C=O) groups is 4. The van der Waals surface area contributed by atoms with Crippen molar-refractivity contribution < 1.29 is 48.7 Å². The highest BCUT2D eigenvalue weighted by Gasteiger charge is 2.67. The maximum Gasteiger partial charge on any atom is 0.407 e. The summed E-state index contributed by atoms with van der Waals surface area (Å²) < 4.78 is 18.8. The molecular formula is C64H92N2O10. The monoisotopic (exact) mass is 1050 g/mol. The minimum Gasteiger partial charge on any atom is -0.481 e. The van der Waals surface area contributed by atoms with E-state index in [1.807, 2.05) is 33.8 Å². The number of nitrogens with zero attached hydrogens (tertiary/aromatic N) is 1. The molecule has 76 heavy (non-hydrogen) atoms. The van der Waals surface area contributed by atoms with Crippen LogP contribution in [0.4, 0.5) is 10.5 Å². The molecule has 8 aliphatic rings. The molecule has 0 radical (unpaired) electrons. The van der Waals surface area contributed by atoms with Gasteiger partial charge < -0.3 is 39.7 Å². The van der Waals surface area contributed by atoms with Crippen molar-refractivity contribution >= 4 is 29.5 Å². The van der Waals surface area contributed by atoms with Crippen LogP contribution in [-0.4, -0.2) is 95.4 Å². The van der Waals surface area contributed by atoms with E-state index in [9.17, 15) is 34.5 Å². The highest BCUT2D eigenvalue weighted by atomic mass is 16.6. The molecule has 6 fully saturated rings. The Kier molecular flexibility index (Phi) is 16.5. The number of allylic oxidation sites excluding steroid dienone is 4. The Balaban J connectivity index is 0.861. The Bertz CT molecular complexity index is 2470. The summed E-state index contributed by atoms with van der Waals surface area (Å²) in [5.41, 5.74) is 4.18. The van der Waals surface area contributed by atoms with Gasteiger partial charge in [-0.25, -0.2) is 4.79 Å². The molecule has 0 spiro atoms. The van der Waals surface area contributed by atoms with Gasteiger partial charge in [-0.15, -0.1) is 5.92 Å². The highest BCUT2D eigenvalue weighted by molar-refractivity contribution is 5.93. The lowest BCUT2D eigenvalue weighted by Gasteiger charge is -2.64. The molecule has 16 atom stereocenters. The van der Waals surface area contributed by atoms with Crippen LogP contribution < -0.4 is 10.2 Å². The topological polar surface area (TPSA) is 172 Å². The van der Waals surface area contributed by atoms with Gasteiger partial charge in [-0.3, -0.25) is 14.4 Å². The van der Waals surface area contributed by atoms with Crippen molar-refractivity contribution in [2.45, 2.75) is 213 Å². The van der Waals surface area contributed by atoms with E-state index in [2.05, 4.69) is 81.1 Å². The van der Waals surface area contributed by atoms with Crippen molar-refractivity contribution in [1.29, 1.82) is 0 Å². The lowest BCUT2D eigenvalue weighted by molar-refractivity contribution is -0.219. The van der Waals surface area contributed by atoms with Crippen molar-refractivity contribution in [3.05, 3.63) is 52.6 Å². The molecular weight excluding hydrogens is 957 g/mol. The van der Waals surface area contributed by atoms with E-state index in [4.69, 9.17) is 14.2 Å². The number of hydrogen-bond acceptors (Lipinski definition) is 10. The number of carboxylic acid groups (broad SMARTS) is 1. The molecule has 6 saturated carbocycles. The molecule has 0 saturated heterocycles. The fourth-order valence-electron chi connectivity index (χ4n) is 17.9. The molecule has 8 aliphatic carbocycles. The summed E-state index contributed by atoms with van der Waals surface area (Å²) in [5, 5.41) is 36.9. The van der Waals surface area contributed by atoms with Crippen LogP contribution in [0.5, 0.6) is 0 Å². The van der Waals surface area contributed by atoms with Gasteiger partial charge in [-0.05, 0) is 218 Å². The van der Waals surface area contributed by atoms with Crippen LogP contribution in [0.3, 0.4) is 0 Å². The number of aliphatic carboxylic acids is 1. The average Bonchev–Trinajstić information content (AvgIpc) is 3.96. The summed E-state index contributed by atoms with van der Waals surface area (Å²) in [6, 6.07) is 9.05. The largest absolute Gasteiger partial charge is 0.481 e. The molecule has 0 aromatic heterocycles. The predicted octanol–water partition coefficient (Wildman–Crippen LogP) is 11.5. The van der Waals surface area contributed by atoms with Crippen LogP contribution in [-0.2, 0) is 28.6 Å². The van der Waals surface area contributed by atoms with Gasteiger partial charge in [0, 0.05) is 62.3 Å². The number of nitrogens with one attached hydrogen (secondary N) is 1. The van der Waals surface area contributed by atoms with Gasteiger partial charge in [0.05, 0.1) is 18.8 Å². The van der Waals surface area contributed by atoms with Gasteiger partial charge in [-0.2, -0.15) is 0 Å². The molecule has 1 amide bonds. The number of rotatable bonds is 16. The molecule has 0 bridgehead atoms. The summed E-state index contributed by atoms with van der Waals surface area (Å²) in [7, 11) is 2.13. The van der Waals surface area contributed by atoms with Gasteiger partial charge >= 0.3 is 18.0 Å². The van der Waals surface area contributed by atoms with Crippen molar-refractivity contribution in [2.24, 2.45) is 63.6 Å². The Morgan fingerprint density at radius 3 is 2.41 bits per heavy atom. The molecule has 4 N–H and O–H groups in total. The first-order valence-corrected chi connectivity index (χ1v) is 29.6. The van der Waals surface area contributed by atoms with Crippen molar-refractivity contribution in [3.63, 3.8) is 0 Å². The number of unbranched alkanes of at least 4 members (excludes halogenated alkanes) is 1. The third-order valence-electron chi connectivity index (χ3n) is 21.8. The fraction of sp³-hybridized carbons (Fsp3) is 0.750. The Labute approximate surface area is 454 Å². The predicted molar refractivity (Wildman–Crippen MR) is 294 cm³/mol. The minimum atomic E-state index is -1.01. The smallest absolute Gasteiger partial charge is 0.407 e. The summed E-state index contributed by atoms with van der Waals surface area (Å²) in [6.45, 7) is 18.2. The van der Waals surface area contributed by atoms with Crippen LogP contribution in [0.25, 0.3) is 0 Å². The first-order valence-electron chi connectivity index (χ1n) is 29.6. The number of fused-ring (bicyclic) bond motifs is 9. The number of anilines is 1. The number of amides is 1. The molecule has 9 rings (SSSR count). The van der Waals surface area contributed by atoms with Gasteiger partial charge in [-0.1, -0.05) is 51.3 Å². The number of ether oxygens (including phenoxy) is 3. The van der Waals surface area contributed by atoms with Gasteiger partial charge in [0.15, 0.2) is 5.78 Å². The Morgan fingerprint density at radius 2 is 1.68 bits per heavy atom. The number of aliphatic hydroxyl groups is 2. The number of aliphatic hydroxyl groups excluding tert-OH is 1. The van der Waals surface area contributed by atoms with Crippen LogP contribution in [0.15, 0.2) is 47.1 Å². The summed E-state index contributed by atoms with van der Waals surface area (Å²) in [4.78, 5) is 52.6. The van der Waals surface area contributed by atoms with Crippen LogP contribution in [0.1, 0.15) is 189 Å². The molecule has 0 heterocycles. The zero-order valence-corrected chi connectivity index (χ0v) is 47.5. The summed E-state index contributed by atoms with van der Waals surface area (Å²) in [5.74, 6) is 7.55. The van der Waals surface area contributed by atoms with E-state index in [-0.39, 0.29) is 89.1 Å².